The van der Waals surface area contributed by atoms with Crippen LogP contribution in [0.4, 0.5) is 0 Å². The molecule has 0 saturated heterocycles. The normalized spacial score (nSPS) is 12.1. The molecule has 1 atom stereocenters. The van der Waals surface area contributed by atoms with E-state index in [0.29, 0.717) is 6.42 Å². The molecule has 0 aromatic heterocycles. The van der Waals surface area contributed by atoms with Gasteiger partial charge in [0.15, 0.2) is 0 Å². The maximum absolute atomic E-state index is 11.4. The quantitative estimate of drug-likeness (QED) is 0.511. The van der Waals surface area contributed by atoms with E-state index >= 15 is 0 Å². The number of unbranched alkanes of at least 4 members (excludes halogenated alkanes) is 1. The van der Waals surface area contributed by atoms with E-state index in [1.54, 1.807) is 0 Å². The molecule has 5 heteroatoms. The molecule has 3 N–H and O–H groups in total. The van der Waals surface area contributed by atoms with E-state index in [9.17, 15) is 9.59 Å². The van der Waals surface area contributed by atoms with E-state index in [-0.39, 0.29) is 12.5 Å². The minimum absolute atomic E-state index is 0.184. The summed E-state index contributed by atoms with van der Waals surface area (Å²) in [5.41, 5.74) is 0. The van der Waals surface area contributed by atoms with Gasteiger partial charge in [-0.15, -0.1) is 0 Å². The van der Waals surface area contributed by atoms with Crippen molar-refractivity contribution in [3.8, 4) is 0 Å². The summed E-state index contributed by atoms with van der Waals surface area (Å²) in [7, 11) is 0. The number of carboxylic acids is 1. The van der Waals surface area contributed by atoms with Gasteiger partial charge in [-0.05, 0) is 19.4 Å². The van der Waals surface area contributed by atoms with Gasteiger partial charge in [-0.2, -0.15) is 0 Å². The van der Waals surface area contributed by atoms with E-state index < -0.39 is 12.0 Å². The minimum atomic E-state index is -0.961. The van der Waals surface area contributed by atoms with Crippen molar-refractivity contribution in [1.82, 2.24) is 10.6 Å². The van der Waals surface area contributed by atoms with E-state index in [1.165, 1.54) is 0 Å². The fourth-order valence-electron chi connectivity index (χ4n) is 1.29. The van der Waals surface area contributed by atoms with Gasteiger partial charge in [0.05, 0.1) is 6.54 Å². The molecule has 94 valence electrons. The average molecular weight is 230 g/mol. The molecule has 0 aliphatic heterocycles. The predicted molar refractivity (Wildman–Crippen MR) is 62.3 cm³/mol. The molecule has 1 amide bonds. The van der Waals surface area contributed by atoms with Gasteiger partial charge in [-0.1, -0.05) is 26.7 Å². The summed E-state index contributed by atoms with van der Waals surface area (Å²) in [4.78, 5) is 22.2. The standard InChI is InChI=1S/C11H22N2O3/c1-3-5-6-9(11(15)16)13-10(14)8-12-7-4-2/h9,12H,3-8H2,1-2H3,(H,13,14)(H,15,16). The molecule has 0 heterocycles. The second-order valence-corrected chi connectivity index (χ2v) is 3.78. The number of rotatable bonds is 9. The molecular formula is C11H22N2O3. The first-order valence-corrected chi connectivity index (χ1v) is 5.84. The first-order chi connectivity index (χ1) is 7.61. The number of carboxylic acid groups (broad SMARTS) is 1. The van der Waals surface area contributed by atoms with Crippen LogP contribution in [0.25, 0.3) is 0 Å². The van der Waals surface area contributed by atoms with Crippen LogP contribution in [0, 0.1) is 0 Å². The van der Waals surface area contributed by atoms with Crippen molar-refractivity contribution in [2.24, 2.45) is 0 Å². The molecule has 0 aliphatic rings. The van der Waals surface area contributed by atoms with Crippen molar-refractivity contribution in [2.45, 2.75) is 45.6 Å². The van der Waals surface area contributed by atoms with Gasteiger partial charge in [0.25, 0.3) is 0 Å². The van der Waals surface area contributed by atoms with Gasteiger partial charge in [0.2, 0.25) is 5.91 Å². The summed E-state index contributed by atoms with van der Waals surface area (Å²) in [5, 5.41) is 14.3. The van der Waals surface area contributed by atoms with Gasteiger partial charge < -0.3 is 15.7 Å². The minimum Gasteiger partial charge on any atom is -0.480 e. The van der Waals surface area contributed by atoms with Crippen LogP contribution in [0.2, 0.25) is 0 Å². The number of amides is 1. The second-order valence-electron chi connectivity index (χ2n) is 3.78. The lowest BCUT2D eigenvalue weighted by Gasteiger charge is -2.14. The summed E-state index contributed by atoms with van der Waals surface area (Å²) in [6.45, 7) is 4.94. The van der Waals surface area contributed by atoms with Gasteiger partial charge in [-0.25, -0.2) is 4.79 Å². The Morgan fingerprint density at radius 3 is 2.44 bits per heavy atom. The molecule has 0 saturated carbocycles. The molecule has 0 fully saturated rings. The van der Waals surface area contributed by atoms with Gasteiger partial charge in [-0.3, -0.25) is 4.79 Å². The van der Waals surface area contributed by atoms with Crippen LogP contribution in [-0.4, -0.2) is 36.1 Å². The Labute approximate surface area is 96.6 Å². The van der Waals surface area contributed by atoms with Crippen LogP contribution in [0.15, 0.2) is 0 Å². The number of hydrogen-bond acceptors (Lipinski definition) is 3. The highest BCUT2D eigenvalue weighted by Crippen LogP contribution is 2.00. The Balaban J connectivity index is 3.88. The smallest absolute Gasteiger partial charge is 0.326 e. The maximum Gasteiger partial charge on any atom is 0.326 e. The number of hydrogen-bond donors (Lipinski definition) is 3. The molecule has 0 aliphatic carbocycles. The molecule has 5 nitrogen and oxygen atoms in total. The zero-order valence-corrected chi connectivity index (χ0v) is 10.1. The van der Waals surface area contributed by atoms with Gasteiger partial charge in [0.1, 0.15) is 6.04 Å². The highest BCUT2D eigenvalue weighted by Gasteiger charge is 2.18. The molecule has 0 rings (SSSR count). The molecule has 0 aromatic rings. The summed E-state index contributed by atoms with van der Waals surface area (Å²) in [6, 6.07) is -0.754. The fourth-order valence-corrected chi connectivity index (χ4v) is 1.29. The van der Waals surface area contributed by atoms with E-state index in [2.05, 4.69) is 10.6 Å². The van der Waals surface area contributed by atoms with Crippen molar-refractivity contribution in [3.05, 3.63) is 0 Å². The third-order valence-corrected chi connectivity index (χ3v) is 2.19. The summed E-state index contributed by atoms with van der Waals surface area (Å²) in [5.74, 6) is -1.21. The Bertz CT molecular complexity index is 219. The number of aliphatic carboxylic acids is 1. The average Bonchev–Trinajstić information content (AvgIpc) is 2.24. The van der Waals surface area contributed by atoms with Crippen molar-refractivity contribution in [3.63, 3.8) is 0 Å². The summed E-state index contributed by atoms with van der Waals surface area (Å²) < 4.78 is 0. The van der Waals surface area contributed by atoms with Crippen molar-refractivity contribution >= 4 is 11.9 Å². The Morgan fingerprint density at radius 1 is 1.25 bits per heavy atom. The molecular weight excluding hydrogens is 208 g/mol. The molecule has 16 heavy (non-hydrogen) atoms. The van der Waals surface area contributed by atoms with Crippen LogP contribution >= 0.6 is 0 Å². The highest BCUT2D eigenvalue weighted by molar-refractivity contribution is 5.84. The third kappa shape index (κ3) is 7.23. The Hall–Kier alpha value is -1.10. The van der Waals surface area contributed by atoms with E-state index in [4.69, 9.17) is 5.11 Å². The largest absolute Gasteiger partial charge is 0.480 e. The lowest BCUT2D eigenvalue weighted by Crippen LogP contribution is -2.44. The maximum atomic E-state index is 11.4. The first-order valence-electron chi connectivity index (χ1n) is 5.84. The number of carbonyl (C=O) groups is 2. The fraction of sp³-hybridized carbons (Fsp3) is 0.818. The zero-order chi connectivity index (χ0) is 12.4. The topological polar surface area (TPSA) is 78.4 Å². The van der Waals surface area contributed by atoms with E-state index in [0.717, 1.165) is 25.8 Å². The lowest BCUT2D eigenvalue weighted by atomic mass is 10.1. The number of carbonyl (C=O) groups excluding carboxylic acids is 1. The molecule has 1 unspecified atom stereocenters. The molecule has 0 aromatic carbocycles. The summed E-state index contributed by atoms with van der Waals surface area (Å²) >= 11 is 0. The third-order valence-electron chi connectivity index (χ3n) is 2.19. The van der Waals surface area contributed by atoms with Gasteiger partial charge in [0, 0.05) is 0 Å². The van der Waals surface area contributed by atoms with Crippen molar-refractivity contribution < 1.29 is 14.7 Å². The van der Waals surface area contributed by atoms with Crippen molar-refractivity contribution in [2.75, 3.05) is 13.1 Å². The van der Waals surface area contributed by atoms with Crippen LogP contribution < -0.4 is 10.6 Å². The SMILES string of the molecule is CCCCC(NC(=O)CNCCC)C(=O)O. The first kappa shape index (κ1) is 14.9. The number of nitrogens with one attached hydrogen (secondary N) is 2. The monoisotopic (exact) mass is 230 g/mol. The summed E-state index contributed by atoms with van der Waals surface area (Å²) in [6.07, 6.45) is 3.17. The zero-order valence-electron chi connectivity index (χ0n) is 10.1. The predicted octanol–water partition coefficient (Wildman–Crippen LogP) is 0.746. The van der Waals surface area contributed by atoms with E-state index in [1.807, 2.05) is 13.8 Å². The van der Waals surface area contributed by atoms with Crippen LogP contribution in [0.3, 0.4) is 0 Å². The molecule has 0 bridgehead atoms. The molecule has 0 radical (unpaired) electrons. The highest BCUT2D eigenvalue weighted by atomic mass is 16.4. The Morgan fingerprint density at radius 2 is 1.94 bits per heavy atom. The van der Waals surface area contributed by atoms with Crippen LogP contribution in [-0.2, 0) is 9.59 Å². The second kappa shape index (κ2) is 9.15. The van der Waals surface area contributed by atoms with Crippen LogP contribution in [0.5, 0.6) is 0 Å². The Kier molecular flexibility index (Phi) is 8.52. The van der Waals surface area contributed by atoms with Crippen molar-refractivity contribution in [1.29, 1.82) is 0 Å². The molecule has 0 spiro atoms. The van der Waals surface area contributed by atoms with Gasteiger partial charge >= 0.3 is 5.97 Å². The lowest BCUT2D eigenvalue weighted by molar-refractivity contribution is -0.141. The van der Waals surface area contributed by atoms with Crippen LogP contribution in [0.1, 0.15) is 39.5 Å².